The molecule has 0 spiro atoms. The third kappa shape index (κ3) is 5.69. The number of guanidine groups is 1. The number of nitrogens with zero attached hydrogens (tertiary/aromatic N) is 3. The molecule has 0 radical (unpaired) electrons. The van der Waals surface area contributed by atoms with Gasteiger partial charge >= 0.3 is 0 Å². The predicted molar refractivity (Wildman–Crippen MR) is 96.9 cm³/mol. The standard InChI is InChI=1S/C15H23FN4O.HI/c1-19(2)11-13-4-3-12(9-14(13)16)10-18-15(17)20-5-7-21-8-6-20;/h3-4,9H,5-8,10-11H2,1-2H3,(H2,17,18);1H. The Bertz CT molecular complexity index is 504. The van der Waals surface area contributed by atoms with Gasteiger partial charge in [0.25, 0.3) is 0 Å². The van der Waals surface area contributed by atoms with Crippen LogP contribution in [-0.4, -0.2) is 56.2 Å². The van der Waals surface area contributed by atoms with Gasteiger partial charge in [-0.05, 0) is 25.7 Å². The largest absolute Gasteiger partial charge is 0.378 e. The maximum Gasteiger partial charge on any atom is 0.191 e. The Morgan fingerprint density at radius 3 is 2.64 bits per heavy atom. The van der Waals surface area contributed by atoms with Crippen molar-refractivity contribution in [3.05, 3.63) is 35.1 Å². The van der Waals surface area contributed by atoms with Gasteiger partial charge in [-0.3, -0.25) is 0 Å². The highest BCUT2D eigenvalue weighted by atomic mass is 127. The second-order valence-corrected chi connectivity index (χ2v) is 5.44. The summed E-state index contributed by atoms with van der Waals surface area (Å²) in [6.07, 6.45) is 0. The first-order chi connectivity index (χ1) is 10.1. The molecule has 7 heteroatoms. The molecule has 1 aliphatic heterocycles. The van der Waals surface area contributed by atoms with Crippen LogP contribution in [0.2, 0.25) is 0 Å². The van der Waals surface area contributed by atoms with Crippen LogP contribution in [0.15, 0.2) is 23.2 Å². The number of aliphatic imine (C=N–C) groups is 1. The fraction of sp³-hybridized carbons (Fsp3) is 0.533. The van der Waals surface area contributed by atoms with Crippen molar-refractivity contribution < 1.29 is 9.13 Å². The van der Waals surface area contributed by atoms with Crippen molar-refractivity contribution in [3.63, 3.8) is 0 Å². The lowest BCUT2D eigenvalue weighted by atomic mass is 10.1. The molecule has 124 valence electrons. The molecule has 0 aromatic heterocycles. The van der Waals surface area contributed by atoms with Crippen LogP contribution in [0.1, 0.15) is 11.1 Å². The fourth-order valence-corrected chi connectivity index (χ4v) is 2.22. The second kappa shape index (κ2) is 9.26. The van der Waals surface area contributed by atoms with Crippen molar-refractivity contribution in [2.45, 2.75) is 13.1 Å². The monoisotopic (exact) mass is 422 g/mol. The molecule has 1 aromatic rings. The Morgan fingerprint density at radius 1 is 1.36 bits per heavy atom. The number of benzene rings is 1. The van der Waals surface area contributed by atoms with E-state index in [-0.39, 0.29) is 29.8 Å². The lowest BCUT2D eigenvalue weighted by Gasteiger charge is -2.27. The summed E-state index contributed by atoms with van der Waals surface area (Å²) in [6, 6.07) is 5.25. The summed E-state index contributed by atoms with van der Waals surface area (Å²) in [6.45, 7) is 3.83. The van der Waals surface area contributed by atoms with Gasteiger partial charge < -0.3 is 20.3 Å². The van der Waals surface area contributed by atoms with Crippen molar-refractivity contribution in [2.75, 3.05) is 40.4 Å². The first-order valence-electron chi connectivity index (χ1n) is 7.11. The molecule has 0 saturated carbocycles. The third-order valence-electron chi connectivity index (χ3n) is 3.36. The number of rotatable bonds is 4. The van der Waals surface area contributed by atoms with E-state index < -0.39 is 0 Å². The van der Waals surface area contributed by atoms with Crippen LogP contribution in [-0.2, 0) is 17.8 Å². The third-order valence-corrected chi connectivity index (χ3v) is 3.36. The van der Waals surface area contributed by atoms with Gasteiger partial charge in [-0.15, -0.1) is 24.0 Å². The highest BCUT2D eigenvalue weighted by Crippen LogP contribution is 2.13. The molecular formula is C15H24FIN4O. The van der Waals surface area contributed by atoms with Gasteiger partial charge in [0.15, 0.2) is 5.96 Å². The zero-order valence-electron chi connectivity index (χ0n) is 13.1. The van der Waals surface area contributed by atoms with E-state index in [1.54, 1.807) is 0 Å². The second-order valence-electron chi connectivity index (χ2n) is 5.44. The van der Waals surface area contributed by atoms with E-state index in [0.29, 0.717) is 37.8 Å². The maximum atomic E-state index is 14.0. The van der Waals surface area contributed by atoms with Crippen LogP contribution >= 0.6 is 24.0 Å². The quantitative estimate of drug-likeness (QED) is 0.456. The van der Waals surface area contributed by atoms with E-state index in [0.717, 1.165) is 18.7 Å². The van der Waals surface area contributed by atoms with Gasteiger partial charge in [0.05, 0.1) is 19.8 Å². The Balaban J connectivity index is 0.00000242. The molecule has 1 saturated heterocycles. The fourth-order valence-electron chi connectivity index (χ4n) is 2.22. The van der Waals surface area contributed by atoms with E-state index in [1.807, 2.05) is 36.0 Å². The first kappa shape index (κ1) is 19.1. The minimum atomic E-state index is -0.193. The van der Waals surface area contributed by atoms with Crippen molar-refractivity contribution >= 4 is 29.9 Å². The topological polar surface area (TPSA) is 54.1 Å². The normalized spacial score (nSPS) is 15.8. The Hall–Kier alpha value is -0.930. The van der Waals surface area contributed by atoms with Crippen LogP contribution in [0.3, 0.4) is 0 Å². The number of ether oxygens (including phenoxy) is 1. The summed E-state index contributed by atoms with van der Waals surface area (Å²) in [4.78, 5) is 8.26. The zero-order chi connectivity index (χ0) is 15.2. The number of morpholine rings is 1. The maximum absolute atomic E-state index is 14.0. The van der Waals surface area contributed by atoms with Crippen LogP contribution in [0.4, 0.5) is 4.39 Å². The number of halogens is 2. The lowest BCUT2D eigenvalue weighted by Crippen LogP contribution is -2.44. The molecule has 0 bridgehead atoms. The van der Waals surface area contributed by atoms with E-state index >= 15 is 0 Å². The molecule has 1 aromatic carbocycles. The van der Waals surface area contributed by atoms with Gasteiger partial charge in [-0.2, -0.15) is 0 Å². The summed E-state index contributed by atoms with van der Waals surface area (Å²) in [5, 5.41) is 0. The van der Waals surface area contributed by atoms with Crippen LogP contribution in [0, 0.1) is 5.82 Å². The van der Waals surface area contributed by atoms with Crippen molar-refractivity contribution in [1.82, 2.24) is 9.80 Å². The van der Waals surface area contributed by atoms with Gasteiger partial charge in [0, 0.05) is 25.2 Å². The van der Waals surface area contributed by atoms with Crippen LogP contribution in [0.25, 0.3) is 0 Å². The molecule has 1 aliphatic rings. The molecular weight excluding hydrogens is 398 g/mol. The molecule has 1 fully saturated rings. The molecule has 0 atom stereocenters. The molecule has 5 nitrogen and oxygen atoms in total. The molecule has 1 heterocycles. The average molecular weight is 422 g/mol. The molecule has 2 rings (SSSR count). The van der Waals surface area contributed by atoms with Crippen molar-refractivity contribution in [3.8, 4) is 0 Å². The lowest BCUT2D eigenvalue weighted by molar-refractivity contribution is 0.0674. The first-order valence-corrected chi connectivity index (χ1v) is 7.11. The molecule has 0 amide bonds. The molecule has 22 heavy (non-hydrogen) atoms. The highest BCUT2D eigenvalue weighted by Gasteiger charge is 2.12. The summed E-state index contributed by atoms with van der Waals surface area (Å²) in [7, 11) is 3.83. The Labute approximate surface area is 148 Å². The average Bonchev–Trinajstić information content (AvgIpc) is 2.48. The molecule has 0 aliphatic carbocycles. The Kier molecular flexibility index (Phi) is 8.05. The highest BCUT2D eigenvalue weighted by molar-refractivity contribution is 14.0. The SMILES string of the molecule is CN(C)Cc1ccc(CN=C(N)N2CCOCC2)cc1F.I. The van der Waals surface area contributed by atoms with Crippen LogP contribution < -0.4 is 5.73 Å². The van der Waals surface area contributed by atoms with Gasteiger partial charge in [0.1, 0.15) is 5.82 Å². The van der Waals surface area contributed by atoms with E-state index in [1.165, 1.54) is 6.07 Å². The van der Waals surface area contributed by atoms with E-state index in [9.17, 15) is 4.39 Å². The summed E-state index contributed by atoms with van der Waals surface area (Å²) < 4.78 is 19.2. The predicted octanol–water partition coefficient (Wildman–Crippen LogP) is 1.65. The van der Waals surface area contributed by atoms with Gasteiger partial charge in [0.2, 0.25) is 0 Å². The van der Waals surface area contributed by atoms with Crippen molar-refractivity contribution in [2.24, 2.45) is 10.7 Å². The van der Waals surface area contributed by atoms with Gasteiger partial charge in [-0.1, -0.05) is 12.1 Å². The Morgan fingerprint density at radius 2 is 2.05 bits per heavy atom. The van der Waals surface area contributed by atoms with Gasteiger partial charge in [-0.25, -0.2) is 9.38 Å². The summed E-state index contributed by atoms with van der Waals surface area (Å²) in [5.74, 6) is 0.303. The number of hydrogen-bond acceptors (Lipinski definition) is 3. The molecule has 2 N–H and O–H groups in total. The van der Waals surface area contributed by atoms with Crippen LogP contribution in [0.5, 0.6) is 0 Å². The minimum absolute atomic E-state index is 0. The summed E-state index contributed by atoms with van der Waals surface area (Å²) in [5.41, 5.74) is 7.46. The van der Waals surface area contributed by atoms with Crippen molar-refractivity contribution in [1.29, 1.82) is 0 Å². The zero-order valence-corrected chi connectivity index (χ0v) is 15.4. The number of hydrogen-bond donors (Lipinski definition) is 1. The smallest absolute Gasteiger partial charge is 0.191 e. The van der Waals surface area contributed by atoms with E-state index in [4.69, 9.17) is 10.5 Å². The molecule has 0 unspecified atom stereocenters. The number of nitrogens with two attached hydrogens (primary N) is 1. The summed E-state index contributed by atoms with van der Waals surface area (Å²) >= 11 is 0. The minimum Gasteiger partial charge on any atom is -0.378 e. The van der Waals surface area contributed by atoms with E-state index in [2.05, 4.69) is 4.99 Å².